The number of hydroxylamine groups is 2. The van der Waals surface area contributed by atoms with Crippen molar-refractivity contribution >= 4 is 23.9 Å². The third kappa shape index (κ3) is 5.08. The van der Waals surface area contributed by atoms with Gasteiger partial charge in [0.05, 0.1) is 23.6 Å². The SMILES string of the molecule is CC(C)(C)OC(=O)NC(CC(=O)ON1C(=O)c2ccccc2C1=O)c1ccc(F)cc1F. The summed E-state index contributed by atoms with van der Waals surface area (Å²) in [6.45, 7) is 4.82. The molecule has 0 fully saturated rings. The van der Waals surface area contributed by atoms with Crippen LogP contribution in [0.25, 0.3) is 0 Å². The van der Waals surface area contributed by atoms with Crippen molar-refractivity contribution in [2.75, 3.05) is 0 Å². The van der Waals surface area contributed by atoms with Crippen molar-refractivity contribution in [2.24, 2.45) is 0 Å². The Labute approximate surface area is 182 Å². The molecule has 0 saturated heterocycles. The van der Waals surface area contributed by atoms with E-state index >= 15 is 0 Å². The van der Waals surface area contributed by atoms with E-state index in [9.17, 15) is 28.0 Å². The van der Waals surface area contributed by atoms with Gasteiger partial charge in [0.2, 0.25) is 0 Å². The topological polar surface area (TPSA) is 102 Å². The zero-order chi connectivity index (χ0) is 23.6. The minimum atomic E-state index is -1.33. The number of nitrogens with zero attached hydrogens (tertiary/aromatic N) is 1. The van der Waals surface area contributed by atoms with Gasteiger partial charge in [0, 0.05) is 11.6 Å². The summed E-state index contributed by atoms with van der Waals surface area (Å²) < 4.78 is 32.8. The molecule has 1 heterocycles. The number of halogens is 2. The summed E-state index contributed by atoms with van der Waals surface area (Å²) in [6.07, 6.45) is -1.63. The number of carbonyl (C=O) groups excluding carboxylic acids is 4. The molecule has 10 heteroatoms. The molecule has 1 atom stereocenters. The first kappa shape index (κ1) is 22.9. The number of rotatable bonds is 5. The molecule has 1 aliphatic heterocycles. The van der Waals surface area contributed by atoms with Gasteiger partial charge in [0.25, 0.3) is 11.8 Å². The highest BCUT2D eigenvalue weighted by Gasteiger charge is 2.39. The Morgan fingerprint density at radius 3 is 2.16 bits per heavy atom. The van der Waals surface area contributed by atoms with Crippen LogP contribution in [0.15, 0.2) is 42.5 Å². The fraction of sp³-hybridized carbons (Fsp3) is 0.273. The number of carbonyl (C=O) groups is 4. The van der Waals surface area contributed by atoms with Gasteiger partial charge in [-0.3, -0.25) is 9.59 Å². The molecule has 2 aromatic rings. The predicted molar refractivity (Wildman–Crippen MR) is 106 cm³/mol. The average molecular weight is 446 g/mol. The summed E-state index contributed by atoms with van der Waals surface area (Å²) >= 11 is 0. The standard InChI is InChI=1S/C22H20F2N2O6/c1-22(2,3)31-21(30)25-17(15-9-8-12(23)10-16(15)24)11-18(27)32-26-19(28)13-6-4-5-7-14(13)20(26)29/h4-10,17H,11H2,1-3H3,(H,25,30). The van der Waals surface area contributed by atoms with E-state index in [0.717, 1.165) is 12.1 Å². The second-order valence-electron chi connectivity index (χ2n) is 7.98. The first-order valence-electron chi connectivity index (χ1n) is 9.59. The molecule has 3 amide bonds. The quantitative estimate of drug-likeness (QED) is 0.703. The number of benzene rings is 2. The molecule has 2 aromatic carbocycles. The summed E-state index contributed by atoms with van der Waals surface area (Å²) in [7, 11) is 0. The second kappa shape index (κ2) is 8.74. The Kier molecular flexibility index (Phi) is 6.24. The maximum absolute atomic E-state index is 14.3. The lowest BCUT2D eigenvalue weighted by Gasteiger charge is -2.24. The fourth-order valence-corrected chi connectivity index (χ4v) is 3.03. The Balaban J connectivity index is 1.78. The molecule has 1 unspecified atom stereocenters. The first-order valence-corrected chi connectivity index (χ1v) is 9.59. The number of hydrogen-bond donors (Lipinski definition) is 1. The molecule has 1 N–H and O–H groups in total. The second-order valence-corrected chi connectivity index (χ2v) is 7.98. The van der Waals surface area contributed by atoms with Crippen LogP contribution in [0.3, 0.4) is 0 Å². The summed E-state index contributed by atoms with van der Waals surface area (Å²) in [4.78, 5) is 54.4. The van der Waals surface area contributed by atoms with E-state index in [1.165, 1.54) is 12.1 Å². The summed E-state index contributed by atoms with van der Waals surface area (Å²) in [5.41, 5.74) is -0.954. The van der Waals surface area contributed by atoms with Crippen LogP contribution in [0, 0.1) is 11.6 Å². The van der Waals surface area contributed by atoms with Crippen LogP contribution in [0.1, 0.15) is 59.5 Å². The summed E-state index contributed by atoms with van der Waals surface area (Å²) in [6, 6.07) is 7.19. The van der Waals surface area contributed by atoms with Gasteiger partial charge in [0.15, 0.2) is 0 Å². The largest absolute Gasteiger partial charge is 0.444 e. The van der Waals surface area contributed by atoms with Gasteiger partial charge in [-0.25, -0.2) is 18.4 Å². The number of alkyl carbamates (subject to hydrolysis) is 1. The highest BCUT2D eigenvalue weighted by atomic mass is 19.1. The number of fused-ring (bicyclic) bond motifs is 1. The van der Waals surface area contributed by atoms with Gasteiger partial charge in [-0.05, 0) is 39.0 Å². The van der Waals surface area contributed by atoms with Crippen LogP contribution < -0.4 is 5.32 Å². The molecule has 3 rings (SSSR count). The number of hydrogen-bond acceptors (Lipinski definition) is 6. The highest BCUT2D eigenvalue weighted by molar-refractivity contribution is 6.20. The maximum atomic E-state index is 14.3. The zero-order valence-electron chi connectivity index (χ0n) is 17.5. The smallest absolute Gasteiger partial charge is 0.408 e. The van der Waals surface area contributed by atoms with Gasteiger partial charge in [0.1, 0.15) is 17.2 Å². The lowest BCUT2D eigenvalue weighted by molar-refractivity contribution is -0.169. The van der Waals surface area contributed by atoms with E-state index in [1.807, 2.05) is 0 Å². The van der Waals surface area contributed by atoms with Crippen LogP contribution in [-0.4, -0.2) is 34.5 Å². The lowest BCUT2D eigenvalue weighted by atomic mass is 10.0. The van der Waals surface area contributed by atoms with Gasteiger partial charge in [-0.1, -0.05) is 23.3 Å². The van der Waals surface area contributed by atoms with Crippen molar-refractivity contribution in [2.45, 2.75) is 38.8 Å². The van der Waals surface area contributed by atoms with E-state index in [4.69, 9.17) is 9.57 Å². The normalized spacial score (nSPS) is 14.1. The molecule has 0 radical (unpaired) electrons. The third-order valence-corrected chi connectivity index (χ3v) is 4.35. The third-order valence-electron chi connectivity index (χ3n) is 4.35. The molecule has 32 heavy (non-hydrogen) atoms. The molecule has 0 spiro atoms. The van der Waals surface area contributed by atoms with Crippen molar-refractivity contribution in [3.05, 3.63) is 70.8 Å². The van der Waals surface area contributed by atoms with Gasteiger partial charge < -0.3 is 14.9 Å². The Morgan fingerprint density at radius 1 is 1.03 bits per heavy atom. The van der Waals surface area contributed by atoms with Crippen LogP contribution in [0.2, 0.25) is 0 Å². The van der Waals surface area contributed by atoms with Crippen LogP contribution in [-0.2, 0) is 14.4 Å². The van der Waals surface area contributed by atoms with Crippen molar-refractivity contribution in [1.82, 2.24) is 10.4 Å². The van der Waals surface area contributed by atoms with Crippen LogP contribution in [0.5, 0.6) is 0 Å². The Morgan fingerprint density at radius 2 is 1.62 bits per heavy atom. The number of amides is 3. The van der Waals surface area contributed by atoms with Crippen molar-refractivity contribution < 1.29 is 37.5 Å². The molecule has 0 aromatic heterocycles. The van der Waals surface area contributed by atoms with E-state index in [-0.39, 0.29) is 16.7 Å². The molecule has 0 saturated carbocycles. The molecule has 168 valence electrons. The minimum Gasteiger partial charge on any atom is -0.444 e. The van der Waals surface area contributed by atoms with E-state index in [2.05, 4.69) is 5.32 Å². The van der Waals surface area contributed by atoms with E-state index in [0.29, 0.717) is 11.1 Å². The minimum absolute atomic E-state index is 0.0679. The molecule has 0 bridgehead atoms. The van der Waals surface area contributed by atoms with Gasteiger partial charge >= 0.3 is 12.1 Å². The maximum Gasteiger partial charge on any atom is 0.408 e. The van der Waals surface area contributed by atoms with Crippen molar-refractivity contribution in [3.8, 4) is 0 Å². The first-order chi connectivity index (χ1) is 15.0. The monoisotopic (exact) mass is 446 g/mol. The van der Waals surface area contributed by atoms with Gasteiger partial charge in [-0.15, -0.1) is 0 Å². The summed E-state index contributed by atoms with van der Waals surface area (Å²) in [5.74, 6) is -4.63. The van der Waals surface area contributed by atoms with E-state index < -0.39 is 53.6 Å². The molecule has 0 aliphatic carbocycles. The fourth-order valence-electron chi connectivity index (χ4n) is 3.03. The Bertz CT molecular complexity index is 1060. The zero-order valence-corrected chi connectivity index (χ0v) is 17.5. The number of nitrogens with one attached hydrogen (secondary N) is 1. The van der Waals surface area contributed by atoms with Crippen molar-refractivity contribution in [3.63, 3.8) is 0 Å². The Hall–Kier alpha value is -3.82. The summed E-state index contributed by atoms with van der Waals surface area (Å²) in [5, 5.41) is 2.64. The number of ether oxygens (including phenoxy) is 1. The van der Waals surface area contributed by atoms with Crippen LogP contribution >= 0.6 is 0 Å². The molecular formula is C22H20F2N2O6. The molecular weight excluding hydrogens is 426 g/mol. The number of imide groups is 1. The highest BCUT2D eigenvalue weighted by Crippen LogP contribution is 2.26. The van der Waals surface area contributed by atoms with E-state index in [1.54, 1.807) is 32.9 Å². The lowest BCUT2D eigenvalue weighted by Crippen LogP contribution is -2.38. The van der Waals surface area contributed by atoms with Crippen LogP contribution in [0.4, 0.5) is 13.6 Å². The molecule has 8 nitrogen and oxygen atoms in total. The van der Waals surface area contributed by atoms with Gasteiger partial charge in [-0.2, -0.15) is 0 Å². The predicted octanol–water partition coefficient (Wildman–Crippen LogP) is 3.68. The molecule has 1 aliphatic rings. The average Bonchev–Trinajstić information content (AvgIpc) is 2.91. The van der Waals surface area contributed by atoms with Crippen molar-refractivity contribution in [1.29, 1.82) is 0 Å².